The molecule has 0 saturated heterocycles. The number of thiazole rings is 1. The number of nitrogens with zero attached hydrogens (tertiary/aromatic N) is 1. The minimum absolute atomic E-state index is 0.203. The van der Waals surface area contributed by atoms with Crippen LogP contribution in [-0.2, 0) is 17.2 Å². The van der Waals surface area contributed by atoms with Crippen molar-refractivity contribution in [2.24, 2.45) is 0 Å². The summed E-state index contributed by atoms with van der Waals surface area (Å²) in [6.45, 7) is 0.526. The highest BCUT2D eigenvalue weighted by Gasteiger charge is 2.05. The molecule has 0 saturated carbocycles. The van der Waals surface area contributed by atoms with Gasteiger partial charge >= 0.3 is 0 Å². The van der Waals surface area contributed by atoms with Gasteiger partial charge in [0.1, 0.15) is 12.4 Å². The molecule has 3 aromatic carbocycles. The molecule has 0 unspecified atom stereocenters. The van der Waals surface area contributed by atoms with Crippen molar-refractivity contribution >= 4 is 40.2 Å². The zero-order valence-electron chi connectivity index (χ0n) is 17.3. The van der Waals surface area contributed by atoms with Gasteiger partial charge in [-0.25, -0.2) is 4.98 Å². The summed E-state index contributed by atoms with van der Waals surface area (Å²) in [5, 5.41) is 5.41. The Morgan fingerprint density at radius 3 is 2.44 bits per heavy atom. The van der Waals surface area contributed by atoms with Crippen molar-refractivity contribution in [2.45, 2.75) is 17.3 Å². The van der Waals surface area contributed by atoms with Gasteiger partial charge in [-0.2, -0.15) is 0 Å². The Hall–Kier alpha value is -3.35. The van der Waals surface area contributed by atoms with Crippen molar-refractivity contribution in [1.29, 1.82) is 0 Å². The quantitative estimate of drug-likeness (QED) is 0.225. The molecule has 1 amide bonds. The molecule has 160 valence electrons. The second kappa shape index (κ2) is 11.3. The van der Waals surface area contributed by atoms with E-state index >= 15 is 0 Å². The second-order valence-corrected chi connectivity index (χ2v) is 8.82. The Kier molecular flexibility index (Phi) is 7.74. The van der Waals surface area contributed by atoms with Gasteiger partial charge in [-0.05, 0) is 41.5 Å². The maximum absolute atomic E-state index is 12.2. The van der Waals surface area contributed by atoms with Crippen LogP contribution in [0.1, 0.15) is 16.8 Å². The van der Waals surface area contributed by atoms with Gasteiger partial charge < -0.3 is 4.74 Å². The maximum atomic E-state index is 12.2. The highest BCUT2D eigenvalue weighted by molar-refractivity contribution is 7.98. The number of anilines is 1. The zero-order chi connectivity index (χ0) is 22.0. The first-order valence-corrected chi connectivity index (χ1v) is 12.0. The average Bonchev–Trinajstić information content (AvgIpc) is 3.29. The predicted octanol–water partition coefficient (Wildman–Crippen LogP) is 6.67. The summed E-state index contributed by atoms with van der Waals surface area (Å²) < 4.78 is 5.79. The van der Waals surface area contributed by atoms with Crippen molar-refractivity contribution in [3.63, 3.8) is 0 Å². The smallest absolute Gasteiger partial charge is 0.250 e. The van der Waals surface area contributed by atoms with Crippen LogP contribution in [0, 0.1) is 0 Å². The van der Waals surface area contributed by atoms with Gasteiger partial charge in [0.25, 0.3) is 0 Å². The Morgan fingerprint density at radius 2 is 1.69 bits per heavy atom. The number of hydrogen-bond donors (Lipinski definition) is 1. The number of ether oxygens (including phenoxy) is 1. The van der Waals surface area contributed by atoms with Crippen LogP contribution in [0.2, 0.25) is 0 Å². The van der Waals surface area contributed by atoms with Gasteiger partial charge in [-0.3, -0.25) is 10.1 Å². The highest BCUT2D eigenvalue weighted by Crippen LogP contribution is 2.25. The van der Waals surface area contributed by atoms with Crippen LogP contribution in [0.5, 0.6) is 5.75 Å². The lowest BCUT2D eigenvalue weighted by Gasteiger charge is -2.06. The lowest BCUT2D eigenvalue weighted by Crippen LogP contribution is -2.07. The molecule has 0 spiro atoms. The third-order valence-corrected chi connectivity index (χ3v) is 6.32. The molecule has 1 aromatic heterocycles. The van der Waals surface area contributed by atoms with E-state index in [9.17, 15) is 4.79 Å². The van der Waals surface area contributed by atoms with Crippen LogP contribution in [-0.4, -0.2) is 10.9 Å². The summed E-state index contributed by atoms with van der Waals surface area (Å²) in [7, 11) is 0. The third kappa shape index (κ3) is 6.83. The average molecular weight is 459 g/mol. The van der Waals surface area contributed by atoms with Crippen LogP contribution in [0.4, 0.5) is 5.13 Å². The van der Waals surface area contributed by atoms with Gasteiger partial charge in [0.05, 0.1) is 5.69 Å². The van der Waals surface area contributed by atoms with Crippen LogP contribution in [0.3, 0.4) is 0 Å². The number of nitrogens with one attached hydrogen (secondary N) is 1. The van der Waals surface area contributed by atoms with Crippen LogP contribution in [0.25, 0.3) is 6.08 Å². The summed E-state index contributed by atoms with van der Waals surface area (Å²) in [6, 6.07) is 27.9. The summed E-state index contributed by atoms with van der Waals surface area (Å²) >= 11 is 3.16. The first-order valence-electron chi connectivity index (χ1n) is 10.1. The number of aromatic nitrogens is 1. The lowest BCUT2D eigenvalue weighted by molar-refractivity contribution is -0.111. The minimum atomic E-state index is -0.203. The van der Waals surface area contributed by atoms with Crippen molar-refractivity contribution in [1.82, 2.24) is 4.98 Å². The van der Waals surface area contributed by atoms with E-state index in [4.69, 9.17) is 4.74 Å². The van der Waals surface area contributed by atoms with Gasteiger partial charge in [-0.15, -0.1) is 23.1 Å². The molecule has 0 radical (unpaired) electrons. The normalized spacial score (nSPS) is 10.9. The van der Waals surface area contributed by atoms with Gasteiger partial charge in [0.15, 0.2) is 5.13 Å². The molecule has 4 nitrogen and oxygen atoms in total. The van der Waals surface area contributed by atoms with Crippen molar-refractivity contribution in [3.8, 4) is 5.75 Å². The van der Waals surface area contributed by atoms with E-state index in [1.807, 2.05) is 78.2 Å². The molecule has 0 atom stereocenters. The second-order valence-electron chi connectivity index (χ2n) is 6.91. The largest absolute Gasteiger partial charge is 0.489 e. The van der Waals surface area contributed by atoms with Gasteiger partial charge in [0.2, 0.25) is 5.91 Å². The molecule has 0 aliphatic rings. The van der Waals surface area contributed by atoms with Crippen LogP contribution in [0.15, 0.2) is 101 Å². The van der Waals surface area contributed by atoms with Crippen LogP contribution >= 0.6 is 23.1 Å². The summed E-state index contributed by atoms with van der Waals surface area (Å²) in [5.41, 5.74) is 3.00. The molecule has 0 fully saturated rings. The molecular weight excluding hydrogens is 436 g/mol. The monoisotopic (exact) mass is 458 g/mol. The number of rotatable bonds is 9. The molecule has 32 heavy (non-hydrogen) atoms. The highest BCUT2D eigenvalue weighted by atomic mass is 32.2. The number of hydrogen-bond acceptors (Lipinski definition) is 5. The molecule has 0 aliphatic heterocycles. The maximum Gasteiger partial charge on any atom is 0.250 e. The van der Waals surface area contributed by atoms with E-state index < -0.39 is 0 Å². The van der Waals surface area contributed by atoms with Crippen LogP contribution < -0.4 is 10.1 Å². The fraction of sp³-hybridized carbons (Fsp3) is 0.0769. The fourth-order valence-electron chi connectivity index (χ4n) is 2.84. The Balaban J connectivity index is 1.24. The molecule has 1 heterocycles. The van der Waals surface area contributed by atoms with E-state index in [0.717, 1.165) is 28.3 Å². The first kappa shape index (κ1) is 21.9. The number of carbonyl (C=O) groups excluding carboxylic acids is 1. The molecule has 1 N–H and O–H groups in total. The lowest BCUT2D eigenvalue weighted by atomic mass is 10.2. The standard InChI is InChI=1S/C26H22N2O2S2/c29-25(28-26-27-22(19-32-26)18-31-24-9-5-2-6-10-24)16-13-20-11-14-23(15-12-20)30-17-21-7-3-1-4-8-21/h1-16,19H,17-18H2,(H,27,28,29)/b16-13+. The summed E-state index contributed by atoms with van der Waals surface area (Å²) in [5.74, 6) is 1.36. The Labute approximate surface area is 196 Å². The minimum Gasteiger partial charge on any atom is -0.489 e. The van der Waals surface area contributed by atoms with E-state index in [-0.39, 0.29) is 5.91 Å². The third-order valence-electron chi connectivity index (χ3n) is 4.47. The topological polar surface area (TPSA) is 51.2 Å². The summed E-state index contributed by atoms with van der Waals surface area (Å²) in [4.78, 5) is 17.9. The summed E-state index contributed by atoms with van der Waals surface area (Å²) in [6.07, 6.45) is 3.29. The predicted molar refractivity (Wildman–Crippen MR) is 133 cm³/mol. The molecular formula is C26H22N2O2S2. The Bertz CT molecular complexity index is 1160. The number of amides is 1. The zero-order valence-corrected chi connectivity index (χ0v) is 18.9. The van der Waals surface area contributed by atoms with E-state index in [0.29, 0.717) is 11.7 Å². The number of thioether (sulfide) groups is 1. The molecule has 0 bridgehead atoms. The Morgan fingerprint density at radius 1 is 0.969 bits per heavy atom. The molecule has 4 aromatic rings. The first-order chi connectivity index (χ1) is 15.7. The molecule has 4 rings (SSSR count). The van der Waals surface area contributed by atoms with Gasteiger partial charge in [-0.1, -0.05) is 60.7 Å². The van der Waals surface area contributed by atoms with E-state index in [1.165, 1.54) is 22.3 Å². The molecule has 0 aliphatic carbocycles. The SMILES string of the molecule is O=C(/C=C/c1ccc(OCc2ccccc2)cc1)Nc1nc(CSc2ccccc2)cs1. The van der Waals surface area contributed by atoms with E-state index in [2.05, 4.69) is 22.4 Å². The number of benzene rings is 3. The molecule has 6 heteroatoms. The van der Waals surface area contributed by atoms with Crippen molar-refractivity contribution < 1.29 is 9.53 Å². The van der Waals surface area contributed by atoms with Gasteiger partial charge in [0, 0.05) is 22.1 Å². The van der Waals surface area contributed by atoms with Crippen molar-refractivity contribution in [3.05, 3.63) is 113 Å². The van der Waals surface area contributed by atoms with E-state index in [1.54, 1.807) is 17.8 Å². The fourth-order valence-corrected chi connectivity index (χ4v) is 4.47. The van der Waals surface area contributed by atoms with Crippen molar-refractivity contribution in [2.75, 3.05) is 5.32 Å². The number of carbonyl (C=O) groups is 1.